The van der Waals surface area contributed by atoms with Crippen molar-refractivity contribution in [1.29, 1.82) is 0 Å². The third-order valence-electron chi connectivity index (χ3n) is 5.12. The van der Waals surface area contributed by atoms with Crippen LogP contribution in [0.15, 0.2) is 53.4 Å². The first kappa shape index (κ1) is 21.6. The van der Waals surface area contributed by atoms with Crippen LogP contribution in [0, 0.1) is 0 Å². The van der Waals surface area contributed by atoms with Crippen LogP contribution in [0.4, 0.5) is 5.69 Å². The van der Waals surface area contributed by atoms with Crippen LogP contribution in [0.3, 0.4) is 0 Å². The van der Waals surface area contributed by atoms with E-state index in [1.165, 1.54) is 16.4 Å². The van der Waals surface area contributed by atoms with E-state index in [1.54, 1.807) is 24.8 Å². The highest BCUT2D eigenvalue weighted by Gasteiger charge is 2.29. The lowest BCUT2D eigenvalue weighted by atomic mass is 10.2. The third kappa shape index (κ3) is 4.74. The Bertz CT molecular complexity index is 962. The normalized spacial score (nSPS) is 17.0. The highest BCUT2D eigenvalue weighted by atomic mass is 35.5. The first-order valence-electron chi connectivity index (χ1n) is 9.77. The maximum Gasteiger partial charge on any atom is 0.253 e. The molecule has 156 valence electrons. The predicted molar refractivity (Wildman–Crippen MR) is 116 cm³/mol. The number of nitrogens with zero attached hydrogens (tertiary/aromatic N) is 2. The maximum atomic E-state index is 13.0. The van der Waals surface area contributed by atoms with E-state index in [0.29, 0.717) is 31.7 Å². The Morgan fingerprint density at radius 3 is 2.52 bits per heavy atom. The van der Waals surface area contributed by atoms with Crippen LogP contribution in [-0.2, 0) is 10.0 Å². The summed E-state index contributed by atoms with van der Waals surface area (Å²) in [5.74, 6) is -0.185. The molecule has 2 aromatic carbocycles. The second-order valence-corrected chi connectivity index (χ2v) is 9.30. The van der Waals surface area contributed by atoms with Crippen LogP contribution in [0.2, 0.25) is 5.02 Å². The Hall–Kier alpha value is -2.09. The van der Waals surface area contributed by atoms with Crippen molar-refractivity contribution in [2.24, 2.45) is 0 Å². The number of sulfonamides is 1. The summed E-state index contributed by atoms with van der Waals surface area (Å²) in [7, 11) is -3.74. The highest BCUT2D eigenvalue weighted by Crippen LogP contribution is 2.27. The van der Waals surface area contributed by atoms with Crippen LogP contribution >= 0.6 is 11.6 Å². The van der Waals surface area contributed by atoms with E-state index in [9.17, 15) is 13.2 Å². The van der Waals surface area contributed by atoms with Crippen LogP contribution < -0.4 is 5.32 Å². The molecule has 1 aliphatic rings. The number of nitrogens with one attached hydrogen (secondary N) is 1. The monoisotopic (exact) mass is 435 g/mol. The molecular weight excluding hydrogens is 410 g/mol. The quantitative estimate of drug-likeness (QED) is 0.719. The van der Waals surface area contributed by atoms with Crippen LogP contribution in [-0.4, -0.2) is 55.8 Å². The number of likely N-dealkylation sites (tertiary alicyclic amines) is 1. The maximum absolute atomic E-state index is 13.0. The van der Waals surface area contributed by atoms with E-state index in [1.807, 2.05) is 30.3 Å². The van der Waals surface area contributed by atoms with Crippen molar-refractivity contribution in [3.05, 3.63) is 59.1 Å². The summed E-state index contributed by atoms with van der Waals surface area (Å²) >= 11 is 6.18. The Morgan fingerprint density at radius 1 is 1.17 bits per heavy atom. The van der Waals surface area contributed by atoms with Crippen molar-refractivity contribution in [2.45, 2.75) is 31.2 Å². The fourth-order valence-corrected chi connectivity index (χ4v) is 5.51. The number of hydrogen-bond acceptors (Lipinski definition) is 4. The average Bonchev–Trinajstić information content (AvgIpc) is 3.17. The summed E-state index contributed by atoms with van der Waals surface area (Å²) in [4.78, 5) is 14.7. The molecule has 29 heavy (non-hydrogen) atoms. The molecule has 0 aromatic heterocycles. The Labute approximate surface area is 177 Å². The SMILES string of the molecule is CCN(CC)S(=O)(=O)c1cc(C(=O)N2CCC(Nc3ccccc3)C2)ccc1Cl. The van der Waals surface area contributed by atoms with Crippen molar-refractivity contribution in [3.8, 4) is 0 Å². The van der Waals surface area contributed by atoms with E-state index in [4.69, 9.17) is 11.6 Å². The lowest BCUT2D eigenvalue weighted by Gasteiger charge is -2.21. The molecule has 8 heteroatoms. The Morgan fingerprint density at radius 2 is 1.86 bits per heavy atom. The molecular formula is C21H26ClN3O3S. The number of rotatable bonds is 7. The smallest absolute Gasteiger partial charge is 0.253 e. The Kier molecular flexibility index (Phi) is 6.82. The first-order valence-corrected chi connectivity index (χ1v) is 11.6. The van der Waals surface area contributed by atoms with Gasteiger partial charge in [0, 0.05) is 43.5 Å². The number of para-hydroxylation sites is 1. The van der Waals surface area contributed by atoms with Gasteiger partial charge in [-0.15, -0.1) is 0 Å². The van der Waals surface area contributed by atoms with Gasteiger partial charge in [-0.25, -0.2) is 8.42 Å². The molecule has 0 radical (unpaired) electrons. The molecule has 3 rings (SSSR count). The summed E-state index contributed by atoms with van der Waals surface area (Å²) in [5.41, 5.74) is 1.35. The molecule has 2 aromatic rings. The third-order valence-corrected chi connectivity index (χ3v) is 7.65. The topological polar surface area (TPSA) is 69.7 Å². The van der Waals surface area contributed by atoms with Crippen molar-refractivity contribution in [3.63, 3.8) is 0 Å². The molecule has 1 unspecified atom stereocenters. The number of halogens is 1. The van der Waals surface area contributed by atoms with Gasteiger partial charge in [-0.2, -0.15) is 4.31 Å². The molecule has 1 atom stereocenters. The minimum absolute atomic E-state index is 0.0214. The van der Waals surface area contributed by atoms with E-state index >= 15 is 0 Å². The zero-order chi connectivity index (χ0) is 21.0. The van der Waals surface area contributed by atoms with E-state index < -0.39 is 10.0 Å². The van der Waals surface area contributed by atoms with Gasteiger partial charge >= 0.3 is 0 Å². The second-order valence-electron chi connectivity index (χ2n) is 6.98. The fourth-order valence-electron chi connectivity index (χ4n) is 3.55. The molecule has 1 saturated heterocycles. The van der Waals surface area contributed by atoms with Crippen LogP contribution in [0.5, 0.6) is 0 Å². The van der Waals surface area contributed by atoms with E-state index in [2.05, 4.69) is 5.32 Å². The van der Waals surface area contributed by atoms with Crippen molar-refractivity contribution >= 4 is 33.2 Å². The summed E-state index contributed by atoms with van der Waals surface area (Å²) < 4.78 is 27.1. The number of benzene rings is 2. The lowest BCUT2D eigenvalue weighted by molar-refractivity contribution is 0.0791. The molecule has 0 aliphatic carbocycles. The standard InChI is InChI=1S/C21H26ClN3O3S/c1-3-25(4-2)29(27,28)20-14-16(10-11-19(20)22)21(26)24-13-12-18(15-24)23-17-8-6-5-7-9-17/h5-11,14,18,23H,3-4,12-13,15H2,1-2H3. The minimum Gasteiger partial charge on any atom is -0.380 e. The van der Waals surface area contributed by atoms with Gasteiger partial charge in [0.25, 0.3) is 5.91 Å². The van der Waals surface area contributed by atoms with E-state index in [-0.39, 0.29) is 21.9 Å². The molecule has 1 N–H and O–H groups in total. The molecule has 1 aliphatic heterocycles. The van der Waals surface area contributed by atoms with Crippen molar-refractivity contribution in [1.82, 2.24) is 9.21 Å². The van der Waals surface area contributed by atoms with Gasteiger partial charge in [-0.05, 0) is 36.8 Å². The van der Waals surface area contributed by atoms with Crippen LogP contribution in [0.25, 0.3) is 0 Å². The van der Waals surface area contributed by atoms with Gasteiger partial charge in [0.15, 0.2) is 0 Å². The molecule has 0 spiro atoms. The molecule has 6 nitrogen and oxygen atoms in total. The first-order chi connectivity index (χ1) is 13.9. The number of carbonyl (C=O) groups excluding carboxylic acids is 1. The van der Waals surface area contributed by atoms with Gasteiger partial charge in [0.05, 0.1) is 5.02 Å². The van der Waals surface area contributed by atoms with Gasteiger partial charge in [0.2, 0.25) is 10.0 Å². The highest BCUT2D eigenvalue weighted by molar-refractivity contribution is 7.89. The number of carbonyl (C=O) groups is 1. The van der Waals surface area contributed by atoms with E-state index in [0.717, 1.165) is 12.1 Å². The van der Waals surface area contributed by atoms with Gasteiger partial charge < -0.3 is 10.2 Å². The number of amides is 1. The minimum atomic E-state index is -3.74. The summed E-state index contributed by atoms with van der Waals surface area (Å²) in [6, 6.07) is 14.5. The fraction of sp³-hybridized carbons (Fsp3) is 0.381. The van der Waals surface area contributed by atoms with Crippen molar-refractivity contribution < 1.29 is 13.2 Å². The molecule has 0 bridgehead atoms. The second kappa shape index (κ2) is 9.15. The zero-order valence-electron chi connectivity index (χ0n) is 16.6. The largest absolute Gasteiger partial charge is 0.380 e. The van der Waals surface area contributed by atoms with Gasteiger partial charge in [-0.3, -0.25) is 4.79 Å². The molecule has 1 heterocycles. The summed E-state index contributed by atoms with van der Waals surface area (Å²) in [6.45, 7) is 5.40. The molecule has 0 saturated carbocycles. The predicted octanol–water partition coefficient (Wildman–Crippen LogP) is 3.70. The number of anilines is 1. The molecule has 1 amide bonds. The Balaban J connectivity index is 1.77. The molecule has 1 fully saturated rings. The lowest BCUT2D eigenvalue weighted by Crippen LogP contribution is -2.33. The number of hydrogen-bond donors (Lipinski definition) is 1. The van der Waals surface area contributed by atoms with Crippen molar-refractivity contribution in [2.75, 3.05) is 31.5 Å². The van der Waals surface area contributed by atoms with Gasteiger partial charge in [-0.1, -0.05) is 43.6 Å². The van der Waals surface area contributed by atoms with Crippen LogP contribution in [0.1, 0.15) is 30.6 Å². The van der Waals surface area contributed by atoms with Gasteiger partial charge in [0.1, 0.15) is 4.90 Å². The summed E-state index contributed by atoms with van der Waals surface area (Å²) in [5, 5.41) is 3.56. The zero-order valence-corrected chi connectivity index (χ0v) is 18.2. The average molecular weight is 436 g/mol. The summed E-state index contributed by atoms with van der Waals surface area (Å²) in [6.07, 6.45) is 0.832.